The third-order valence-electron chi connectivity index (χ3n) is 7.21. The summed E-state index contributed by atoms with van der Waals surface area (Å²) >= 11 is 0. The largest absolute Gasteiger partial charge is 0.416 e. The van der Waals surface area contributed by atoms with E-state index in [-0.39, 0.29) is 23.2 Å². The molecule has 2 aliphatic heterocycles. The molecule has 2 aromatic carbocycles. The molecule has 2 fully saturated rings. The quantitative estimate of drug-likeness (QED) is 0.372. The van der Waals surface area contributed by atoms with Crippen molar-refractivity contribution >= 4 is 17.2 Å². The first kappa shape index (κ1) is 25.8. The van der Waals surface area contributed by atoms with Crippen LogP contribution in [0.25, 0.3) is 0 Å². The van der Waals surface area contributed by atoms with Crippen LogP contribution in [0.1, 0.15) is 65.1 Å². The second kappa shape index (κ2) is 10.8. The molecule has 0 amide bonds. The summed E-state index contributed by atoms with van der Waals surface area (Å²) in [4.78, 5) is 27.6. The molecule has 1 unspecified atom stereocenters. The highest BCUT2D eigenvalue weighted by molar-refractivity contribution is 6.00. The van der Waals surface area contributed by atoms with Gasteiger partial charge in [-0.1, -0.05) is 6.07 Å². The van der Waals surface area contributed by atoms with Crippen molar-refractivity contribution in [1.82, 2.24) is 0 Å². The maximum Gasteiger partial charge on any atom is 0.416 e. The number of ketones is 1. The molecule has 0 radical (unpaired) electrons. The fourth-order valence-corrected chi connectivity index (χ4v) is 5.22. The SMILES string of the molecule is C[N+](=O)c1ccc(C2CCOCC2)c(C(=O)C2CCCN(c3ccc(C(F)(F)F)cc3C#N)CC2)c1. The van der Waals surface area contributed by atoms with Crippen LogP contribution >= 0.6 is 0 Å². The number of anilines is 1. The zero-order chi connectivity index (χ0) is 25.9. The molecule has 2 heterocycles. The normalized spacial score (nSPS) is 19.4. The molecule has 6 nitrogen and oxygen atoms in total. The molecule has 0 N–H and O–H groups in total. The lowest BCUT2D eigenvalue weighted by Gasteiger charge is -2.26. The third-order valence-corrected chi connectivity index (χ3v) is 7.21. The smallest absolute Gasteiger partial charge is 0.381 e. The van der Waals surface area contributed by atoms with E-state index in [1.54, 1.807) is 12.1 Å². The summed E-state index contributed by atoms with van der Waals surface area (Å²) in [6, 6.07) is 10.4. The summed E-state index contributed by atoms with van der Waals surface area (Å²) in [6.45, 7) is 2.26. The van der Waals surface area contributed by atoms with Crippen molar-refractivity contribution in [1.29, 1.82) is 5.26 Å². The minimum Gasteiger partial charge on any atom is -0.381 e. The first-order chi connectivity index (χ1) is 17.2. The number of rotatable bonds is 5. The number of hydrogen-bond acceptors (Lipinski definition) is 5. The molecule has 0 spiro atoms. The Morgan fingerprint density at radius 3 is 2.50 bits per heavy atom. The van der Waals surface area contributed by atoms with Gasteiger partial charge in [-0.2, -0.15) is 18.4 Å². The molecule has 0 saturated carbocycles. The Kier molecular flexibility index (Phi) is 7.74. The van der Waals surface area contributed by atoms with Crippen molar-refractivity contribution < 1.29 is 27.5 Å². The highest BCUT2D eigenvalue weighted by Crippen LogP contribution is 2.36. The topological polar surface area (TPSA) is 73.4 Å². The van der Waals surface area contributed by atoms with Crippen LogP contribution in [0, 0.1) is 22.2 Å². The van der Waals surface area contributed by atoms with E-state index >= 15 is 0 Å². The van der Waals surface area contributed by atoms with Gasteiger partial charge in [-0.05, 0) is 61.8 Å². The van der Waals surface area contributed by atoms with E-state index in [9.17, 15) is 28.1 Å². The Labute approximate surface area is 208 Å². The fraction of sp³-hybridized carbons (Fsp3) is 0.481. The van der Waals surface area contributed by atoms with E-state index in [0.717, 1.165) is 35.3 Å². The summed E-state index contributed by atoms with van der Waals surface area (Å²) in [5.74, 6) is -0.0907. The molecule has 9 heteroatoms. The van der Waals surface area contributed by atoms with Gasteiger partial charge in [0, 0.05) is 59.6 Å². The van der Waals surface area contributed by atoms with E-state index < -0.39 is 11.7 Å². The number of nitrogens with zero attached hydrogens (tertiary/aromatic N) is 3. The Hall–Kier alpha value is -3.25. The first-order valence-corrected chi connectivity index (χ1v) is 12.2. The minimum atomic E-state index is -4.52. The molecule has 0 bridgehead atoms. The van der Waals surface area contributed by atoms with Gasteiger partial charge >= 0.3 is 6.18 Å². The Morgan fingerprint density at radius 1 is 1.08 bits per heavy atom. The van der Waals surface area contributed by atoms with Crippen LogP contribution in [-0.4, -0.2) is 43.9 Å². The van der Waals surface area contributed by atoms with Crippen LogP contribution < -0.4 is 4.90 Å². The van der Waals surface area contributed by atoms with E-state index in [1.165, 1.54) is 13.1 Å². The predicted octanol–water partition coefficient (Wildman–Crippen LogP) is 6.00. The number of ether oxygens (including phenoxy) is 1. The minimum absolute atomic E-state index is 0.00466. The van der Waals surface area contributed by atoms with Crippen molar-refractivity contribution in [3.8, 4) is 6.07 Å². The Balaban J connectivity index is 1.57. The Bertz CT molecular complexity index is 1180. The van der Waals surface area contributed by atoms with Gasteiger partial charge in [0.25, 0.3) is 5.69 Å². The van der Waals surface area contributed by atoms with Crippen LogP contribution in [-0.2, 0) is 10.9 Å². The van der Waals surface area contributed by atoms with Crippen LogP contribution in [0.15, 0.2) is 36.4 Å². The van der Waals surface area contributed by atoms with E-state index in [0.29, 0.717) is 62.5 Å². The summed E-state index contributed by atoms with van der Waals surface area (Å²) in [5, 5.41) is 9.49. The summed E-state index contributed by atoms with van der Waals surface area (Å²) < 4.78 is 45.5. The molecule has 4 rings (SSSR count). The van der Waals surface area contributed by atoms with E-state index in [2.05, 4.69) is 0 Å². The van der Waals surface area contributed by atoms with Crippen molar-refractivity contribution in [2.45, 2.75) is 44.2 Å². The zero-order valence-corrected chi connectivity index (χ0v) is 20.2. The number of nitroso groups, excluding NO2 is 1. The predicted molar refractivity (Wildman–Crippen MR) is 128 cm³/mol. The second-order valence-corrected chi connectivity index (χ2v) is 9.48. The fourth-order valence-electron chi connectivity index (χ4n) is 5.22. The zero-order valence-electron chi connectivity index (χ0n) is 20.2. The van der Waals surface area contributed by atoms with Gasteiger partial charge in [0.2, 0.25) is 0 Å². The lowest BCUT2D eigenvalue weighted by Crippen LogP contribution is -2.26. The lowest BCUT2D eigenvalue weighted by atomic mass is 9.82. The van der Waals surface area contributed by atoms with Gasteiger partial charge in [-0.3, -0.25) is 4.79 Å². The number of halogens is 3. The monoisotopic (exact) mass is 500 g/mol. The van der Waals surface area contributed by atoms with Gasteiger partial charge in [0.05, 0.1) is 16.8 Å². The first-order valence-electron chi connectivity index (χ1n) is 12.2. The van der Waals surface area contributed by atoms with Crippen molar-refractivity contribution in [2.24, 2.45) is 5.92 Å². The standard InChI is InChI=1S/C27H29F3N3O3/c1-32(35)22-5-6-23(18-9-13-36-14-10-18)24(16-22)26(34)19-3-2-11-33(12-8-19)25-7-4-21(27(28,29)30)15-20(25)17-31/h4-7,15-16,18-19H,2-3,8-14H2,1H3/q+1. The highest BCUT2D eigenvalue weighted by atomic mass is 19.4. The molecular formula is C27H29F3N3O3+. The average molecular weight is 501 g/mol. The number of alkyl halides is 3. The van der Waals surface area contributed by atoms with E-state index in [1.807, 2.05) is 17.0 Å². The molecule has 2 saturated heterocycles. The molecule has 0 aliphatic carbocycles. The molecule has 0 aromatic heterocycles. The maximum atomic E-state index is 13.8. The molecule has 190 valence electrons. The number of Topliss-reactive ketones (excluding diaryl/α,β-unsaturated/α-hetero) is 1. The lowest BCUT2D eigenvalue weighted by molar-refractivity contribution is -0.428. The molecule has 2 aromatic rings. The van der Waals surface area contributed by atoms with Gasteiger partial charge < -0.3 is 9.64 Å². The number of benzene rings is 2. The van der Waals surface area contributed by atoms with Crippen LogP contribution in [0.5, 0.6) is 0 Å². The number of carbonyl (C=O) groups excluding carboxylic acids is 1. The van der Waals surface area contributed by atoms with Gasteiger partial charge in [-0.25, -0.2) is 0 Å². The molecule has 1 atom stereocenters. The molecular weight excluding hydrogens is 471 g/mol. The summed E-state index contributed by atoms with van der Waals surface area (Å²) in [5.41, 5.74) is 1.53. The average Bonchev–Trinajstić information content (AvgIpc) is 3.13. The summed E-state index contributed by atoms with van der Waals surface area (Å²) in [7, 11) is 1.40. The van der Waals surface area contributed by atoms with Gasteiger partial charge in [0.1, 0.15) is 6.07 Å². The molecule has 2 aliphatic rings. The third kappa shape index (κ3) is 5.59. The van der Waals surface area contributed by atoms with E-state index in [4.69, 9.17) is 4.74 Å². The molecule has 36 heavy (non-hydrogen) atoms. The number of hydrogen-bond donors (Lipinski definition) is 0. The van der Waals surface area contributed by atoms with Crippen LogP contribution in [0.3, 0.4) is 0 Å². The van der Waals surface area contributed by atoms with Gasteiger partial charge in [-0.15, -0.1) is 0 Å². The Morgan fingerprint density at radius 2 is 1.83 bits per heavy atom. The van der Waals surface area contributed by atoms with Crippen LogP contribution in [0.4, 0.5) is 24.5 Å². The van der Waals surface area contributed by atoms with Crippen molar-refractivity contribution in [3.63, 3.8) is 0 Å². The summed E-state index contributed by atoms with van der Waals surface area (Å²) in [6.07, 6.45) is -1.09. The number of nitriles is 1. The highest BCUT2D eigenvalue weighted by Gasteiger charge is 2.33. The van der Waals surface area contributed by atoms with Crippen molar-refractivity contribution in [2.75, 3.05) is 38.3 Å². The van der Waals surface area contributed by atoms with Gasteiger partial charge in [0.15, 0.2) is 12.8 Å². The maximum absolute atomic E-state index is 13.8. The second-order valence-electron chi connectivity index (χ2n) is 9.48. The van der Waals surface area contributed by atoms with Crippen molar-refractivity contribution in [3.05, 3.63) is 63.6 Å². The number of carbonyl (C=O) groups is 1. The van der Waals surface area contributed by atoms with Crippen LogP contribution in [0.2, 0.25) is 0 Å².